The second kappa shape index (κ2) is 18.6. The third-order valence-corrected chi connectivity index (χ3v) is 16.5. The van der Waals surface area contributed by atoms with E-state index in [-0.39, 0.29) is 45.6 Å². The zero-order chi connectivity index (χ0) is 39.1. The number of rotatable bonds is 21. The maximum atomic E-state index is 13.2. The van der Waals surface area contributed by atoms with E-state index in [1.807, 2.05) is 20.8 Å². The largest absolute Gasteiger partial charge is 0.462 e. The summed E-state index contributed by atoms with van der Waals surface area (Å²) in [5.74, 6) is 0.980. The lowest BCUT2D eigenvalue weighted by atomic mass is 9.35. The molecule has 0 aromatic rings. The van der Waals surface area contributed by atoms with E-state index in [2.05, 4.69) is 53.7 Å². The van der Waals surface area contributed by atoms with E-state index >= 15 is 0 Å². The highest BCUT2D eigenvalue weighted by Gasteiger charge is 2.71. The predicted octanol–water partition coefficient (Wildman–Crippen LogP) is 12.3. The van der Waals surface area contributed by atoms with Crippen LogP contribution >= 0.6 is 0 Å². The first-order valence-corrected chi connectivity index (χ1v) is 22.8. The minimum absolute atomic E-state index is 0.0139. The van der Waals surface area contributed by atoms with Crippen LogP contribution in [-0.2, 0) is 9.53 Å². The van der Waals surface area contributed by atoms with Crippen molar-refractivity contribution in [3.05, 3.63) is 12.2 Å². The molecule has 4 aliphatic carbocycles. The second-order valence-electron chi connectivity index (χ2n) is 21.2. The van der Waals surface area contributed by atoms with Crippen molar-refractivity contribution in [3.63, 3.8) is 0 Å². The molecule has 3 N–H and O–H groups in total. The predicted molar refractivity (Wildman–Crippen MR) is 220 cm³/mol. The summed E-state index contributed by atoms with van der Waals surface area (Å²) >= 11 is 0. The molecule has 4 fully saturated rings. The SMILES string of the molecule is CCCCCCCC/C=C\CCCCCCCC(=O)O[C@H]1CC[C@]2(C)[C@H]3C[C@@H](O)[C@@H]4[C@@H]([C@](C)(O)CCCC(C)(C)O)CC[C@@]4(C)[C@]3(C)CC[C@H]2C1(C)C. The van der Waals surface area contributed by atoms with Crippen molar-refractivity contribution >= 4 is 5.97 Å². The van der Waals surface area contributed by atoms with Crippen molar-refractivity contribution in [2.24, 2.45) is 45.3 Å². The molecule has 5 heteroatoms. The van der Waals surface area contributed by atoms with Gasteiger partial charge in [-0.3, -0.25) is 4.79 Å². The molecule has 0 unspecified atom stereocenters. The Labute approximate surface area is 327 Å². The van der Waals surface area contributed by atoms with Crippen LogP contribution in [0.15, 0.2) is 12.2 Å². The van der Waals surface area contributed by atoms with Gasteiger partial charge in [0.05, 0.1) is 17.3 Å². The van der Waals surface area contributed by atoms with Gasteiger partial charge in [-0.05, 0) is 157 Å². The summed E-state index contributed by atoms with van der Waals surface area (Å²) in [6, 6.07) is 0. The monoisotopic (exact) mass is 743 g/mol. The molecule has 0 aromatic heterocycles. The molecule has 0 saturated heterocycles. The summed E-state index contributed by atoms with van der Waals surface area (Å²) < 4.78 is 6.35. The number of allylic oxidation sites excluding steroid dienone is 2. The fraction of sp³-hybridized carbons (Fsp3) is 0.938. The Kier molecular flexibility index (Phi) is 15.7. The van der Waals surface area contributed by atoms with Crippen LogP contribution in [-0.4, -0.2) is 44.7 Å². The van der Waals surface area contributed by atoms with E-state index < -0.39 is 17.3 Å². The Morgan fingerprint density at radius 3 is 1.92 bits per heavy atom. The molecule has 5 nitrogen and oxygen atoms in total. The van der Waals surface area contributed by atoms with Crippen molar-refractivity contribution in [1.82, 2.24) is 0 Å². The molecule has 0 heterocycles. The first kappa shape index (κ1) is 44.8. The molecule has 0 amide bonds. The Hall–Kier alpha value is -0.910. The van der Waals surface area contributed by atoms with Gasteiger partial charge in [0.1, 0.15) is 6.10 Å². The Morgan fingerprint density at radius 2 is 1.30 bits per heavy atom. The number of unbranched alkanes of at least 4 members (excludes halogenated alkanes) is 11. The van der Waals surface area contributed by atoms with Crippen LogP contribution in [0.1, 0.15) is 216 Å². The third-order valence-electron chi connectivity index (χ3n) is 16.5. The van der Waals surface area contributed by atoms with Gasteiger partial charge in [-0.15, -0.1) is 0 Å². The fourth-order valence-corrected chi connectivity index (χ4v) is 13.3. The standard InChI is InChI=1S/C48H86O5/c1-10-11-12-13-14-15-16-17-18-19-20-21-22-23-24-26-41(50)53-40-29-32-45(6)38(44(40,4)5)28-34-46(7)39(45)35-37(49)42-36(27-33-47(42,46)8)48(9,52)31-25-30-43(2,3)51/h17-18,36-40,42,49,51-52H,10-16,19-35H2,1-9H3/b18-17-/t36-,37+,38-,39+,40-,42-,45-,46+,47+,48+/m0/s1. The van der Waals surface area contributed by atoms with E-state index in [0.29, 0.717) is 31.1 Å². The summed E-state index contributed by atoms with van der Waals surface area (Å²) in [6.45, 7) is 20.2. The van der Waals surface area contributed by atoms with Gasteiger partial charge in [0, 0.05) is 11.8 Å². The maximum absolute atomic E-state index is 13.2. The molecule has 0 radical (unpaired) electrons. The Morgan fingerprint density at radius 1 is 0.717 bits per heavy atom. The van der Waals surface area contributed by atoms with Crippen LogP contribution < -0.4 is 0 Å². The lowest BCUT2D eigenvalue weighted by Crippen LogP contribution is -2.66. The third kappa shape index (κ3) is 10.3. The fourth-order valence-electron chi connectivity index (χ4n) is 13.3. The number of hydrogen-bond acceptors (Lipinski definition) is 5. The van der Waals surface area contributed by atoms with E-state index in [0.717, 1.165) is 64.2 Å². The van der Waals surface area contributed by atoms with Gasteiger partial charge in [0.15, 0.2) is 0 Å². The van der Waals surface area contributed by atoms with Gasteiger partial charge in [0.25, 0.3) is 0 Å². The zero-order valence-corrected chi connectivity index (χ0v) is 36.2. The van der Waals surface area contributed by atoms with Crippen LogP contribution in [0, 0.1) is 45.3 Å². The molecule has 0 aliphatic heterocycles. The first-order valence-electron chi connectivity index (χ1n) is 22.8. The number of fused-ring (bicyclic) bond motifs is 5. The number of carbonyl (C=O) groups excluding carboxylic acids is 1. The van der Waals surface area contributed by atoms with Crippen LogP contribution in [0.2, 0.25) is 0 Å². The van der Waals surface area contributed by atoms with Crippen molar-refractivity contribution in [1.29, 1.82) is 0 Å². The Balaban J connectivity index is 1.25. The van der Waals surface area contributed by atoms with E-state index in [1.165, 1.54) is 70.6 Å². The molecular weight excluding hydrogens is 657 g/mol. The van der Waals surface area contributed by atoms with Crippen LogP contribution in [0.4, 0.5) is 0 Å². The Bertz CT molecular complexity index is 1170. The summed E-state index contributed by atoms with van der Waals surface area (Å²) in [4.78, 5) is 13.2. The minimum atomic E-state index is -0.854. The summed E-state index contributed by atoms with van der Waals surface area (Å²) in [6.07, 6.45) is 30.2. The molecule has 4 saturated carbocycles. The van der Waals surface area contributed by atoms with Gasteiger partial charge in [-0.2, -0.15) is 0 Å². The number of carbonyl (C=O) groups is 1. The summed E-state index contributed by atoms with van der Waals surface area (Å²) in [5.41, 5.74) is -1.57. The van der Waals surface area contributed by atoms with Crippen molar-refractivity contribution in [2.75, 3.05) is 0 Å². The van der Waals surface area contributed by atoms with Crippen molar-refractivity contribution in [3.8, 4) is 0 Å². The first-order chi connectivity index (χ1) is 24.8. The molecular formula is C48H86O5. The van der Waals surface area contributed by atoms with Crippen molar-refractivity contribution < 1.29 is 24.9 Å². The van der Waals surface area contributed by atoms with Gasteiger partial charge >= 0.3 is 5.97 Å². The van der Waals surface area contributed by atoms with Gasteiger partial charge in [-0.25, -0.2) is 0 Å². The van der Waals surface area contributed by atoms with Gasteiger partial charge in [0.2, 0.25) is 0 Å². The summed E-state index contributed by atoms with van der Waals surface area (Å²) in [7, 11) is 0. The molecule has 53 heavy (non-hydrogen) atoms. The number of aliphatic hydroxyl groups is 3. The quantitative estimate of drug-likeness (QED) is 0.0619. The average molecular weight is 743 g/mol. The molecule has 4 aliphatic rings. The number of aliphatic hydroxyl groups excluding tert-OH is 1. The second-order valence-corrected chi connectivity index (χ2v) is 21.2. The normalized spacial score (nSPS) is 36.5. The number of hydrogen-bond donors (Lipinski definition) is 3. The number of esters is 1. The molecule has 0 spiro atoms. The smallest absolute Gasteiger partial charge is 0.306 e. The summed E-state index contributed by atoms with van der Waals surface area (Å²) in [5, 5.41) is 34.3. The van der Waals surface area contributed by atoms with E-state index in [4.69, 9.17) is 4.74 Å². The van der Waals surface area contributed by atoms with Crippen LogP contribution in [0.3, 0.4) is 0 Å². The van der Waals surface area contributed by atoms with Gasteiger partial charge < -0.3 is 20.1 Å². The van der Waals surface area contributed by atoms with E-state index in [1.54, 1.807) is 0 Å². The molecule has 0 aromatic carbocycles. The molecule has 4 rings (SSSR count). The molecule has 10 atom stereocenters. The zero-order valence-electron chi connectivity index (χ0n) is 36.2. The van der Waals surface area contributed by atoms with Crippen LogP contribution in [0.25, 0.3) is 0 Å². The highest BCUT2D eigenvalue weighted by atomic mass is 16.5. The molecule has 0 bridgehead atoms. The average Bonchev–Trinajstić information content (AvgIpc) is 3.45. The van der Waals surface area contributed by atoms with Crippen LogP contribution in [0.5, 0.6) is 0 Å². The highest BCUT2D eigenvalue weighted by Crippen LogP contribution is 2.76. The lowest BCUT2D eigenvalue weighted by Gasteiger charge is -2.70. The number of ether oxygens (including phenoxy) is 1. The van der Waals surface area contributed by atoms with Crippen molar-refractivity contribution in [2.45, 2.75) is 240 Å². The maximum Gasteiger partial charge on any atom is 0.306 e. The van der Waals surface area contributed by atoms with Gasteiger partial charge in [-0.1, -0.05) is 105 Å². The molecule has 308 valence electrons. The highest BCUT2D eigenvalue weighted by molar-refractivity contribution is 5.69. The lowest BCUT2D eigenvalue weighted by molar-refractivity contribution is -0.249. The van der Waals surface area contributed by atoms with E-state index in [9.17, 15) is 20.1 Å². The topological polar surface area (TPSA) is 87.0 Å². The minimum Gasteiger partial charge on any atom is -0.462 e.